The molecule has 0 atom stereocenters. The van der Waals surface area contributed by atoms with Gasteiger partial charge in [-0.25, -0.2) is 4.79 Å². The van der Waals surface area contributed by atoms with Crippen molar-refractivity contribution in [3.05, 3.63) is 54.1 Å². The normalized spacial score (nSPS) is 11.7. The summed E-state index contributed by atoms with van der Waals surface area (Å²) in [6.45, 7) is 0.404. The lowest BCUT2D eigenvalue weighted by Gasteiger charge is -2.08. The fourth-order valence-corrected chi connectivity index (χ4v) is 2.17. The van der Waals surface area contributed by atoms with Crippen molar-refractivity contribution in [1.82, 2.24) is 5.32 Å². The van der Waals surface area contributed by atoms with Gasteiger partial charge in [0, 0.05) is 0 Å². The van der Waals surface area contributed by atoms with Gasteiger partial charge in [0.25, 0.3) is 5.91 Å². The average Bonchev–Trinajstić information content (AvgIpc) is 3.12. The number of amides is 1. The van der Waals surface area contributed by atoms with Gasteiger partial charge in [0.05, 0.1) is 12.1 Å². The van der Waals surface area contributed by atoms with Crippen LogP contribution in [0.5, 0.6) is 17.2 Å². The molecular formula is C18H17NO6. The van der Waals surface area contributed by atoms with Gasteiger partial charge in [-0.05, 0) is 30.3 Å². The van der Waals surface area contributed by atoms with E-state index in [-0.39, 0.29) is 13.4 Å². The Morgan fingerprint density at radius 3 is 2.68 bits per heavy atom. The van der Waals surface area contributed by atoms with Gasteiger partial charge in [0.2, 0.25) is 6.79 Å². The molecule has 0 aromatic heterocycles. The van der Waals surface area contributed by atoms with Gasteiger partial charge in [0.15, 0.2) is 18.1 Å². The zero-order chi connectivity index (χ0) is 17.5. The van der Waals surface area contributed by atoms with E-state index >= 15 is 0 Å². The summed E-state index contributed by atoms with van der Waals surface area (Å²) < 4.78 is 20.8. The molecule has 0 saturated carbocycles. The predicted octanol–water partition coefficient (Wildman–Crippen LogP) is 1.77. The van der Waals surface area contributed by atoms with E-state index in [0.717, 1.165) is 5.75 Å². The minimum Gasteiger partial charge on any atom is -0.492 e. The Morgan fingerprint density at radius 2 is 1.84 bits per heavy atom. The zero-order valence-electron chi connectivity index (χ0n) is 13.4. The van der Waals surface area contributed by atoms with E-state index in [2.05, 4.69) is 5.32 Å². The van der Waals surface area contributed by atoms with Crippen LogP contribution in [0.1, 0.15) is 10.4 Å². The second kappa shape index (κ2) is 8.05. The van der Waals surface area contributed by atoms with Crippen LogP contribution in [0.4, 0.5) is 0 Å². The van der Waals surface area contributed by atoms with E-state index in [1.807, 2.05) is 30.3 Å². The molecule has 0 aliphatic carbocycles. The Hall–Kier alpha value is -3.22. The van der Waals surface area contributed by atoms with Gasteiger partial charge in [-0.2, -0.15) is 0 Å². The third-order valence-corrected chi connectivity index (χ3v) is 3.38. The third kappa shape index (κ3) is 4.63. The molecule has 25 heavy (non-hydrogen) atoms. The Balaban J connectivity index is 1.36. The van der Waals surface area contributed by atoms with E-state index in [9.17, 15) is 9.59 Å². The molecule has 1 heterocycles. The van der Waals surface area contributed by atoms with Crippen LogP contribution in [0.15, 0.2) is 48.5 Å². The zero-order valence-corrected chi connectivity index (χ0v) is 13.4. The summed E-state index contributed by atoms with van der Waals surface area (Å²) in [5.74, 6) is 0.787. The largest absolute Gasteiger partial charge is 0.492 e. The number of ether oxygens (including phenoxy) is 4. The van der Waals surface area contributed by atoms with Crippen molar-refractivity contribution in [2.24, 2.45) is 0 Å². The van der Waals surface area contributed by atoms with Crippen molar-refractivity contribution in [2.75, 3.05) is 26.6 Å². The molecule has 7 heteroatoms. The van der Waals surface area contributed by atoms with Crippen LogP contribution in [0.3, 0.4) is 0 Å². The van der Waals surface area contributed by atoms with Crippen molar-refractivity contribution in [3.63, 3.8) is 0 Å². The highest BCUT2D eigenvalue weighted by Crippen LogP contribution is 2.32. The minimum absolute atomic E-state index is 0.126. The van der Waals surface area contributed by atoms with Crippen LogP contribution in [0, 0.1) is 0 Å². The molecule has 7 nitrogen and oxygen atoms in total. The Bertz CT molecular complexity index is 746. The maximum absolute atomic E-state index is 11.9. The molecule has 1 aliphatic rings. The molecule has 0 bridgehead atoms. The summed E-state index contributed by atoms with van der Waals surface area (Å²) >= 11 is 0. The van der Waals surface area contributed by atoms with Gasteiger partial charge in [-0.1, -0.05) is 18.2 Å². The number of hydrogen-bond acceptors (Lipinski definition) is 6. The summed E-state index contributed by atoms with van der Waals surface area (Å²) in [5.41, 5.74) is 0.296. The van der Waals surface area contributed by atoms with Gasteiger partial charge in [-0.3, -0.25) is 4.79 Å². The van der Waals surface area contributed by atoms with E-state index in [1.54, 1.807) is 12.1 Å². The number of para-hydroxylation sites is 1. The lowest BCUT2D eigenvalue weighted by atomic mass is 10.2. The minimum atomic E-state index is -0.603. The van der Waals surface area contributed by atoms with Crippen molar-refractivity contribution < 1.29 is 28.5 Å². The smallest absolute Gasteiger partial charge is 0.338 e. The molecule has 0 fully saturated rings. The Kier molecular flexibility index (Phi) is 5.36. The summed E-state index contributed by atoms with van der Waals surface area (Å²) in [6, 6.07) is 14.0. The molecule has 2 aromatic carbocycles. The van der Waals surface area contributed by atoms with Crippen molar-refractivity contribution in [1.29, 1.82) is 0 Å². The summed E-state index contributed by atoms with van der Waals surface area (Å²) in [4.78, 5) is 23.6. The molecule has 2 aromatic rings. The molecule has 1 N–H and O–H groups in total. The second-order valence-corrected chi connectivity index (χ2v) is 5.16. The van der Waals surface area contributed by atoms with Gasteiger partial charge in [-0.15, -0.1) is 0 Å². The van der Waals surface area contributed by atoms with Gasteiger partial charge in [0.1, 0.15) is 12.4 Å². The summed E-state index contributed by atoms with van der Waals surface area (Å²) in [6.07, 6.45) is 0. The molecule has 0 spiro atoms. The first-order valence-corrected chi connectivity index (χ1v) is 7.74. The number of hydrogen-bond donors (Lipinski definition) is 1. The monoisotopic (exact) mass is 343 g/mol. The maximum atomic E-state index is 11.9. The van der Waals surface area contributed by atoms with Crippen molar-refractivity contribution >= 4 is 11.9 Å². The SMILES string of the molecule is O=C(COC(=O)c1ccc2c(c1)OCO2)NCCOc1ccccc1. The van der Waals surface area contributed by atoms with E-state index in [4.69, 9.17) is 18.9 Å². The van der Waals surface area contributed by atoms with Crippen LogP contribution in [0.25, 0.3) is 0 Å². The lowest BCUT2D eigenvalue weighted by molar-refractivity contribution is -0.124. The first kappa shape index (κ1) is 16.6. The molecular weight excluding hydrogens is 326 g/mol. The fourth-order valence-electron chi connectivity index (χ4n) is 2.17. The molecule has 1 aliphatic heterocycles. The molecule has 130 valence electrons. The number of esters is 1. The van der Waals surface area contributed by atoms with Crippen LogP contribution in [-0.2, 0) is 9.53 Å². The Morgan fingerprint density at radius 1 is 1.04 bits per heavy atom. The molecule has 0 saturated heterocycles. The van der Waals surface area contributed by atoms with Crippen LogP contribution in [-0.4, -0.2) is 38.4 Å². The van der Waals surface area contributed by atoms with E-state index < -0.39 is 11.9 Å². The highest BCUT2D eigenvalue weighted by molar-refractivity contribution is 5.92. The first-order valence-electron chi connectivity index (χ1n) is 7.74. The third-order valence-electron chi connectivity index (χ3n) is 3.38. The van der Waals surface area contributed by atoms with Crippen LogP contribution in [0.2, 0.25) is 0 Å². The number of rotatable bonds is 7. The molecule has 0 unspecified atom stereocenters. The number of carbonyl (C=O) groups is 2. The van der Waals surface area contributed by atoms with Crippen molar-refractivity contribution in [3.8, 4) is 17.2 Å². The first-order chi connectivity index (χ1) is 12.2. The predicted molar refractivity (Wildman–Crippen MR) is 87.8 cm³/mol. The van der Waals surface area contributed by atoms with E-state index in [1.165, 1.54) is 6.07 Å². The summed E-state index contributed by atoms with van der Waals surface area (Å²) in [7, 11) is 0. The Labute approximate surface area is 144 Å². The van der Waals surface area contributed by atoms with Gasteiger partial charge >= 0.3 is 5.97 Å². The number of nitrogens with one attached hydrogen (secondary N) is 1. The highest BCUT2D eigenvalue weighted by atomic mass is 16.7. The highest BCUT2D eigenvalue weighted by Gasteiger charge is 2.17. The number of fused-ring (bicyclic) bond motifs is 1. The molecule has 1 amide bonds. The van der Waals surface area contributed by atoms with Gasteiger partial charge < -0.3 is 24.3 Å². The quantitative estimate of drug-likeness (QED) is 0.609. The standard InChI is InChI=1S/C18H17NO6/c20-17(19-8-9-22-14-4-2-1-3-5-14)11-23-18(21)13-6-7-15-16(10-13)25-12-24-15/h1-7,10H,8-9,11-12H2,(H,19,20). The van der Waals surface area contributed by atoms with E-state index in [0.29, 0.717) is 30.2 Å². The molecule has 0 radical (unpaired) electrons. The lowest BCUT2D eigenvalue weighted by Crippen LogP contribution is -2.32. The topological polar surface area (TPSA) is 83.1 Å². The molecule has 3 rings (SSSR count). The second-order valence-electron chi connectivity index (χ2n) is 5.16. The maximum Gasteiger partial charge on any atom is 0.338 e. The average molecular weight is 343 g/mol. The van der Waals surface area contributed by atoms with Crippen LogP contribution < -0.4 is 19.5 Å². The number of benzene rings is 2. The fraction of sp³-hybridized carbons (Fsp3) is 0.222. The van der Waals surface area contributed by atoms with Crippen molar-refractivity contribution in [2.45, 2.75) is 0 Å². The number of carbonyl (C=O) groups excluding carboxylic acids is 2. The summed E-state index contributed by atoms with van der Waals surface area (Å²) in [5, 5.41) is 2.62. The van der Waals surface area contributed by atoms with Crippen LogP contribution >= 0.6 is 0 Å².